The zero-order valence-corrected chi connectivity index (χ0v) is 6.97. The van der Waals surface area contributed by atoms with Gasteiger partial charge in [0.25, 0.3) is 0 Å². The van der Waals surface area contributed by atoms with Crippen LogP contribution in [0.3, 0.4) is 0 Å². The molecule has 10 heavy (non-hydrogen) atoms. The zero-order valence-electron chi connectivity index (χ0n) is 6.97. The lowest BCUT2D eigenvalue weighted by molar-refractivity contribution is 0.0827. The number of hydrogen-bond acceptors (Lipinski definition) is 2. The summed E-state index contributed by atoms with van der Waals surface area (Å²) in [5.41, 5.74) is 0. The summed E-state index contributed by atoms with van der Waals surface area (Å²) in [6.07, 6.45) is 3.02. The summed E-state index contributed by atoms with van der Waals surface area (Å²) in [5.74, 6) is 0. The van der Waals surface area contributed by atoms with Gasteiger partial charge in [0.15, 0.2) is 0 Å². The Balaban J connectivity index is 2.11. The molecule has 0 amide bonds. The molecule has 1 aliphatic rings. The Bertz CT molecular complexity index is 89.3. The highest BCUT2D eigenvalue weighted by molar-refractivity contribution is 4.67. The number of ether oxygens (including phenoxy) is 1. The lowest BCUT2D eigenvalue weighted by Gasteiger charge is -2.17. The Labute approximate surface area is 63.2 Å². The van der Waals surface area contributed by atoms with Gasteiger partial charge in [-0.2, -0.15) is 0 Å². The molecule has 2 heteroatoms. The van der Waals surface area contributed by atoms with Gasteiger partial charge in [0, 0.05) is 13.2 Å². The molecule has 1 aliphatic heterocycles. The Morgan fingerprint density at radius 1 is 1.60 bits per heavy atom. The van der Waals surface area contributed by atoms with E-state index >= 15 is 0 Å². The van der Waals surface area contributed by atoms with Gasteiger partial charge < -0.3 is 9.64 Å². The van der Waals surface area contributed by atoms with Crippen LogP contribution in [0, 0.1) is 0 Å². The molecule has 1 saturated heterocycles. The zero-order chi connectivity index (χ0) is 7.40. The molecular weight excluding hydrogens is 126 g/mol. The van der Waals surface area contributed by atoms with E-state index in [1.54, 1.807) is 0 Å². The third kappa shape index (κ3) is 2.27. The van der Waals surface area contributed by atoms with E-state index in [0.29, 0.717) is 6.10 Å². The molecule has 1 fully saturated rings. The topological polar surface area (TPSA) is 12.5 Å². The largest absolute Gasteiger partial charge is 0.377 e. The predicted octanol–water partition coefficient (Wildman–Crippen LogP) is 1.12. The van der Waals surface area contributed by atoms with Crippen LogP contribution in [0.25, 0.3) is 0 Å². The summed E-state index contributed by atoms with van der Waals surface area (Å²) < 4.78 is 5.48. The first kappa shape index (κ1) is 8.02. The molecule has 1 heterocycles. The molecule has 1 atom stereocenters. The Kier molecular flexibility index (Phi) is 3.16. The van der Waals surface area contributed by atoms with Crippen LogP contribution in [0.4, 0.5) is 0 Å². The summed E-state index contributed by atoms with van der Waals surface area (Å²) in [4.78, 5) is 2.30. The summed E-state index contributed by atoms with van der Waals surface area (Å²) in [5, 5.41) is 0. The average molecular weight is 143 g/mol. The smallest absolute Gasteiger partial charge is 0.0702 e. The number of likely N-dealkylation sites (N-methyl/N-ethyl adjacent to an activating group) is 1. The van der Waals surface area contributed by atoms with E-state index in [1.807, 2.05) is 0 Å². The maximum atomic E-state index is 5.48. The standard InChI is InChI=1S/C8H17NO/c1-3-9(2)7-8-5-4-6-10-8/h8H,3-7H2,1-2H3/t8-/m1/s1. The number of rotatable bonds is 3. The lowest BCUT2D eigenvalue weighted by atomic mass is 10.2. The maximum absolute atomic E-state index is 5.48. The van der Waals surface area contributed by atoms with Crippen molar-refractivity contribution in [2.45, 2.75) is 25.9 Å². The third-order valence-electron chi connectivity index (χ3n) is 2.08. The Hall–Kier alpha value is -0.0800. The van der Waals surface area contributed by atoms with Gasteiger partial charge in [0.2, 0.25) is 0 Å². The molecule has 1 rings (SSSR count). The Morgan fingerprint density at radius 2 is 2.40 bits per heavy atom. The van der Waals surface area contributed by atoms with Gasteiger partial charge in [-0.1, -0.05) is 6.92 Å². The Morgan fingerprint density at radius 3 is 2.90 bits per heavy atom. The molecule has 0 aromatic rings. The van der Waals surface area contributed by atoms with Gasteiger partial charge in [-0.25, -0.2) is 0 Å². The van der Waals surface area contributed by atoms with Crippen LogP contribution in [0.5, 0.6) is 0 Å². The van der Waals surface area contributed by atoms with Crippen LogP contribution in [-0.2, 0) is 4.74 Å². The van der Waals surface area contributed by atoms with Gasteiger partial charge >= 0.3 is 0 Å². The normalized spacial score (nSPS) is 26.1. The molecule has 0 bridgehead atoms. The molecule has 60 valence electrons. The molecule has 0 aliphatic carbocycles. The first-order chi connectivity index (χ1) is 4.83. The fourth-order valence-electron chi connectivity index (χ4n) is 1.27. The van der Waals surface area contributed by atoms with Crippen molar-refractivity contribution in [2.24, 2.45) is 0 Å². The molecule has 2 nitrogen and oxygen atoms in total. The first-order valence-corrected chi connectivity index (χ1v) is 4.13. The van der Waals surface area contributed by atoms with Crippen molar-refractivity contribution >= 4 is 0 Å². The monoisotopic (exact) mass is 143 g/mol. The molecule has 0 N–H and O–H groups in total. The van der Waals surface area contributed by atoms with Crippen molar-refractivity contribution in [1.82, 2.24) is 4.90 Å². The molecule has 0 spiro atoms. The number of nitrogens with zero attached hydrogens (tertiary/aromatic N) is 1. The van der Waals surface area contributed by atoms with Crippen molar-refractivity contribution in [3.8, 4) is 0 Å². The second-order valence-electron chi connectivity index (χ2n) is 2.99. The first-order valence-electron chi connectivity index (χ1n) is 4.13. The second kappa shape index (κ2) is 3.94. The van der Waals surface area contributed by atoms with Crippen molar-refractivity contribution in [3.63, 3.8) is 0 Å². The number of hydrogen-bond donors (Lipinski definition) is 0. The predicted molar refractivity (Wildman–Crippen MR) is 42.1 cm³/mol. The fourth-order valence-corrected chi connectivity index (χ4v) is 1.27. The van der Waals surface area contributed by atoms with Crippen LogP contribution < -0.4 is 0 Å². The highest BCUT2D eigenvalue weighted by Crippen LogP contribution is 2.12. The SMILES string of the molecule is CCN(C)C[C@H]1CCCO1. The van der Waals surface area contributed by atoms with Crippen LogP contribution in [0.1, 0.15) is 19.8 Å². The van der Waals surface area contributed by atoms with E-state index in [4.69, 9.17) is 4.74 Å². The summed E-state index contributed by atoms with van der Waals surface area (Å²) in [7, 11) is 2.14. The minimum Gasteiger partial charge on any atom is -0.377 e. The van der Waals surface area contributed by atoms with Gasteiger partial charge in [-0.3, -0.25) is 0 Å². The van der Waals surface area contributed by atoms with Crippen molar-refractivity contribution in [3.05, 3.63) is 0 Å². The van der Waals surface area contributed by atoms with Crippen molar-refractivity contribution in [1.29, 1.82) is 0 Å². The summed E-state index contributed by atoms with van der Waals surface area (Å²) in [6.45, 7) is 5.38. The quantitative estimate of drug-likeness (QED) is 0.587. The summed E-state index contributed by atoms with van der Waals surface area (Å²) >= 11 is 0. The highest BCUT2D eigenvalue weighted by atomic mass is 16.5. The fraction of sp³-hybridized carbons (Fsp3) is 1.00. The average Bonchev–Trinajstić information content (AvgIpc) is 2.40. The molecule has 0 aromatic carbocycles. The molecule has 0 aromatic heterocycles. The van der Waals surface area contributed by atoms with Gasteiger partial charge in [0.05, 0.1) is 6.10 Å². The van der Waals surface area contributed by atoms with Crippen molar-refractivity contribution < 1.29 is 4.74 Å². The van der Waals surface area contributed by atoms with E-state index in [1.165, 1.54) is 12.8 Å². The minimum atomic E-state index is 0.518. The maximum Gasteiger partial charge on any atom is 0.0702 e. The second-order valence-corrected chi connectivity index (χ2v) is 2.99. The van der Waals surface area contributed by atoms with E-state index in [0.717, 1.165) is 19.7 Å². The van der Waals surface area contributed by atoms with Crippen LogP contribution in [-0.4, -0.2) is 37.7 Å². The van der Waals surface area contributed by atoms with Crippen LogP contribution in [0.2, 0.25) is 0 Å². The van der Waals surface area contributed by atoms with E-state index < -0.39 is 0 Å². The van der Waals surface area contributed by atoms with E-state index in [9.17, 15) is 0 Å². The van der Waals surface area contributed by atoms with E-state index in [2.05, 4.69) is 18.9 Å². The lowest BCUT2D eigenvalue weighted by Crippen LogP contribution is -2.28. The van der Waals surface area contributed by atoms with Gasteiger partial charge in [-0.15, -0.1) is 0 Å². The molecule has 0 radical (unpaired) electrons. The van der Waals surface area contributed by atoms with Gasteiger partial charge in [0.1, 0.15) is 0 Å². The highest BCUT2D eigenvalue weighted by Gasteiger charge is 2.15. The van der Waals surface area contributed by atoms with E-state index in [-0.39, 0.29) is 0 Å². The molecule has 0 saturated carbocycles. The minimum absolute atomic E-state index is 0.518. The molecule has 0 unspecified atom stereocenters. The summed E-state index contributed by atoms with van der Waals surface area (Å²) in [6, 6.07) is 0. The van der Waals surface area contributed by atoms with Gasteiger partial charge in [-0.05, 0) is 26.4 Å². The van der Waals surface area contributed by atoms with Crippen molar-refractivity contribution in [2.75, 3.05) is 26.7 Å². The molecular formula is C8H17NO. The van der Waals surface area contributed by atoms with Crippen LogP contribution >= 0.6 is 0 Å². The third-order valence-corrected chi connectivity index (χ3v) is 2.08. The van der Waals surface area contributed by atoms with Crippen LogP contribution in [0.15, 0.2) is 0 Å².